The maximum absolute atomic E-state index is 4.46. The van der Waals surface area contributed by atoms with Gasteiger partial charge in [0.25, 0.3) is 0 Å². The summed E-state index contributed by atoms with van der Waals surface area (Å²) in [7, 11) is 0. The average molecular weight is 248 g/mol. The molecule has 3 aromatic rings. The van der Waals surface area contributed by atoms with Crippen LogP contribution >= 0.6 is 0 Å². The number of nitrogens with one attached hydrogen (secondary N) is 1. The molecule has 0 amide bonds. The molecule has 0 saturated carbocycles. The van der Waals surface area contributed by atoms with Crippen molar-refractivity contribution in [2.75, 3.05) is 0 Å². The zero-order valence-corrected chi connectivity index (χ0v) is 10.9. The van der Waals surface area contributed by atoms with Crippen molar-refractivity contribution in [2.45, 2.75) is 13.3 Å². The Hall–Kier alpha value is -2.35. The first-order valence-corrected chi connectivity index (χ1v) is 6.48. The van der Waals surface area contributed by atoms with E-state index in [-0.39, 0.29) is 0 Å². The molecule has 0 radical (unpaired) electrons. The zero-order valence-electron chi connectivity index (χ0n) is 10.9. The van der Waals surface area contributed by atoms with Gasteiger partial charge in [-0.05, 0) is 12.5 Å². The molecule has 19 heavy (non-hydrogen) atoms. The van der Waals surface area contributed by atoms with Crippen molar-refractivity contribution in [2.24, 2.45) is 0 Å². The Kier molecular flexibility index (Phi) is 3.15. The number of rotatable bonds is 3. The third-order valence-electron chi connectivity index (χ3n) is 3.34. The minimum Gasteiger partial charge on any atom is -0.282 e. The SMILES string of the molecule is Cc1[nH]nc(-c2ccccc2)c1Cc1ccccc1. The van der Waals surface area contributed by atoms with E-state index in [4.69, 9.17) is 0 Å². The van der Waals surface area contributed by atoms with Crippen LogP contribution in [0.15, 0.2) is 60.7 Å². The normalized spacial score (nSPS) is 10.6. The molecular weight excluding hydrogens is 232 g/mol. The molecule has 0 spiro atoms. The fourth-order valence-electron chi connectivity index (χ4n) is 2.30. The highest BCUT2D eigenvalue weighted by Crippen LogP contribution is 2.25. The highest BCUT2D eigenvalue weighted by Gasteiger charge is 2.12. The minimum atomic E-state index is 0.910. The largest absolute Gasteiger partial charge is 0.282 e. The van der Waals surface area contributed by atoms with E-state index in [0.29, 0.717) is 0 Å². The van der Waals surface area contributed by atoms with Crippen LogP contribution in [0.25, 0.3) is 11.3 Å². The number of aryl methyl sites for hydroxylation is 1. The van der Waals surface area contributed by atoms with E-state index in [2.05, 4.69) is 53.5 Å². The molecule has 1 aromatic heterocycles. The van der Waals surface area contributed by atoms with Gasteiger partial charge in [-0.1, -0.05) is 60.7 Å². The maximum atomic E-state index is 4.46. The Bertz CT molecular complexity index is 654. The molecule has 0 aliphatic carbocycles. The van der Waals surface area contributed by atoms with Gasteiger partial charge < -0.3 is 0 Å². The summed E-state index contributed by atoms with van der Waals surface area (Å²) in [6, 6.07) is 20.8. The van der Waals surface area contributed by atoms with Gasteiger partial charge in [-0.15, -0.1) is 0 Å². The lowest BCUT2D eigenvalue weighted by molar-refractivity contribution is 1.04. The number of H-pyrrole nitrogens is 1. The van der Waals surface area contributed by atoms with Gasteiger partial charge >= 0.3 is 0 Å². The van der Waals surface area contributed by atoms with Crippen molar-refractivity contribution in [3.63, 3.8) is 0 Å². The fraction of sp³-hybridized carbons (Fsp3) is 0.118. The van der Waals surface area contributed by atoms with Crippen molar-refractivity contribution < 1.29 is 0 Å². The molecule has 0 saturated heterocycles. The van der Waals surface area contributed by atoms with Gasteiger partial charge in [0.05, 0.1) is 5.69 Å². The number of nitrogens with zero attached hydrogens (tertiary/aromatic N) is 1. The summed E-state index contributed by atoms with van der Waals surface area (Å²) in [6.07, 6.45) is 0.910. The van der Waals surface area contributed by atoms with E-state index >= 15 is 0 Å². The first-order valence-electron chi connectivity index (χ1n) is 6.48. The van der Waals surface area contributed by atoms with Gasteiger partial charge in [-0.25, -0.2) is 0 Å². The standard InChI is InChI=1S/C17H16N2/c1-13-16(12-14-8-4-2-5-9-14)17(19-18-13)15-10-6-3-7-11-15/h2-11H,12H2,1H3,(H,18,19). The zero-order chi connectivity index (χ0) is 13.1. The minimum absolute atomic E-state index is 0.910. The van der Waals surface area contributed by atoms with Gasteiger partial charge in [0.1, 0.15) is 0 Å². The Labute approximate surface area is 113 Å². The van der Waals surface area contributed by atoms with Crippen LogP contribution in [0.3, 0.4) is 0 Å². The summed E-state index contributed by atoms with van der Waals surface area (Å²) in [5.41, 5.74) is 5.95. The number of aromatic amines is 1. The predicted octanol–water partition coefficient (Wildman–Crippen LogP) is 3.98. The lowest BCUT2D eigenvalue weighted by Crippen LogP contribution is -1.91. The molecule has 0 fully saturated rings. The molecule has 2 aromatic carbocycles. The predicted molar refractivity (Wildman–Crippen MR) is 78.0 cm³/mol. The molecule has 94 valence electrons. The Morgan fingerprint density at radius 3 is 2.21 bits per heavy atom. The van der Waals surface area contributed by atoms with E-state index in [9.17, 15) is 0 Å². The topological polar surface area (TPSA) is 28.7 Å². The molecule has 2 heteroatoms. The van der Waals surface area contributed by atoms with E-state index in [1.807, 2.05) is 24.3 Å². The van der Waals surface area contributed by atoms with E-state index in [1.165, 1.54) is 11.1 Å². The van der Waals surface area contributed by atoms with Crippen LogP contribution in [0, 0.1) is 6.92 Å². The Balaban J connectivity index is 2.00. The number of hydrogen-bond donors (Lipinski definition) is 1. The molecule has 1 heterocycles. The molecule has 1 N–H and O–H groups in total. The first-order chi connectivity index (χ1) is 9.34. The van der Waals surface area contributed by atoms with Crippen LogP contribution in [-0.2, 0) is 6.42 Å². The summed E-state index contributed by atoms with van der Waals surface area (Å²) >= 11 is 0. The molecule has 3 rings (SSSR count). The van der Waals surface area contributed by atoms with Crippen LogP contribution in [0.1, 0.15) is 16.8 Å². The summed E-state index contributed by atoms with van der Waals surface area (Å²) in [4.78, 5) is 0. The van der Waals surface area contributed by atoms with E-state index in [1.54, 1.807) is 0 Å². The third-order valence-corrected chi connectivity index (χ3v) is 3.34. The molecular formula is C17H16N2. The van der Waals surface area contributed by atoms with E-state index < -0.39 is 0 Å². The average Bonchev–Trinajstić information content (AvgIpc) is 2.82. The lowest BCUT2D eigenvalue weighted by atomic mass is 9.99. The van der Waals surface area contributed by atoms with Crippen LogP contribution in [0.5, 0.6) is 0 Å². The molecule has 2 nitrogen and oxygen atoms in total. The first kappa shape index (κ1) is 11.7. The number of hydrogen-bond acceptors (Lipinski definition) is 1. The highest BCUT2D eigenvalue weighted by molar-refractivity contribution is 5.64. The second-order valence-corrected chi connectivity index (χ2v) is 4.70. The van der Waals surface area contributed by atoms with Crippen molar-refractivity contribution in [1.82, 2.24) is 10.2 Å². The van der Waals surface area contributed by atoms with Gasteiger partial charge in [0.2, 0.25) is 0 Å². The van der Waals surface area contributed by atoms with Crippen LogP contribution in [0.2, 0.25) is 0 Å². The number of benzene rings is 2. The summed E-state index contributed by atoms with van der Waals surface area (Å²) in [5, 5.41) is 7.56. The van der Waals surface area contributed by atoms with Crippen molar-refractivity contribution in [3.05, 3.63) is 77.5 Å². The van der Waals surface area contributed by atoms with Crippen LogP contribution in [-0.4, -0.2) is 10.2 Å². The summed E-state index contributed by atoms with van der Waals surface area (Å²) in [6.45, 7) is 2.08. The quantitative estimate of drug-likeness (QED) is 0.746. The maximum Gasteiger partial charge on any atom is 0.0958 e. The second-order valence-electron chi connectivity index (χ2n) is 4.70. The van der Waals surface area contributed by atoms with Gasteiger partial charge in [0, 0.05) is 23.2 Å². The summed E-state index contributed by atoms with van der Waals surface area (Å²) in [5.74, 6) is 0. The van der Waals surface area contributed by atoms with Crippen molar-refractivity contribution in [3.8, 4) is 11.3 Å². The smallest absolute Gasteiger partial charge is 0.0958 e. The molecule has 0 aliphatic heterocycles. The van der Waals surface area contributed by atoms with Gasteiger partial charge in [-0.3, -0.25) is 5.10 Å². The van der Waals surface area contributed by atoms with Gasteiger partial charge in [0.15, 0.2) is 0 Å². The van der Waals surface area contributed by atoms with Crippen LogP contribution < -0.4 is 0 Å². The lowest BCUT2D eigenvalue weighted by Gasteiger charge is -2.04. The molecule has 0 aliphatic rings. The van der Waals surface area contributed by atoms with Crippen LogP contribution in [0.4, 0.5) is 0 Å². The van der Waals surface area contributed by atoms with Crippen molar-refractivity contribution >= 4 is 0 Å². The highest BCUT2D eigenvalue weighted by atomic mass is 15.1. The monoisotopic (exact) mass is 248 g/mol. The number of aromatic nitrogens is 2. The fourth-order valence-corrected chi connectivity index (χ4v) is 2.30. The molecule has 0 unspecified atom stereocenters. The van der Waals surface area contributed by atoms with Gasteiger partial charge in [-0.2, -0.15) is 5.10 Å². The Morgan fingerprint density at radius 2 is 1.53 bits per heavy atom. The second kappa shape index (κ2) is 5.11. The molecule has 0 atom stereocenters. The van der Waals surface area contributed by atoms with E-state index in [0.717, 1.165) is 23.4 Å². The Morgan fingerprint density at radius 1 is 0.895 bits per heavy atom. The molecule has 0 bridgehead atoms. The third kappa shape index (κ3) is 2.43. The van der Waals surface area contributed by atoms with Crippen molar-refractivity contribution in [1.29, 1.82) is 0 Å². The summed E-state index contributed by atoms with van der Waals surface area (Å²) < 4.78 is 0.